The van der Waals surface area contributed by atoms with Gasteiger partial charge in [-0.25, -0.2) is 4.98 Å². The minimum atomic E-state index is 0.659. The Bertz CT molecular complexity index is 403. The van der Waals surface area contributed by atoms with Gasteiger partial charge in [-0.3, -0.25) is 0 Å². The minimum absolute atomic E-state index is 0.659. The molecule has 1 aliphatic heterocycles. The SMILES string of the molecule is Cc1nc(NCC2CCN(C(C)C)C2)ccc1N. The van der Waals surface area contributed by atoms with Gasteiger partial charge in [0.05, 0.1) is 11.4 Å². The van der Waals surface area contributed by atoms with E-state index in [9.17, 15) is 0 Å². The molecule has 0 aromatic carbocycles. The molecule has 100 valence electrons. The van der Waals surface area contributed by atoms with Crippen LogP contribution in [-0.2, 0) is 0 Å². The van der Waals surface area contributed by atoms with Crippen LogP contribution in [0.1, 0.15) is 26.0 Å². The van der Waals surface area contributed by atoms with Crippen molar-refractivity contribution in [1.29, 1.82) is 0 Å². The predicted octanol–water partition coefficient (Wildman–Crippen LogP) is 2.11. The third kappa shape index (κ3) is 3.13. The lowest BCUT2D eigenvalue weighted by molar-refractivity contribution is 0.266. The summed E-state index contributed by atoms with van der Waals surface area (Å²) in [6, 6.07) is 4.53. The van der Waals surface area contributed by atoms with Crippen molar-refractivity contribution in [3.8, 4) is 0 Å². The van der Waals surface area contributed by atoms with Crippen molar-refractivity contribution in [2.45, 2.75) is 33.2 Å². The number of hydrogen-bond donors (Lipinski definition) is 2. The molecule has 1 aliphatic rings. The van der Waals surface area contributed by atoms with E-state index in [1.54, 1.807) is 0 Å². The number of likely N-dealkylation sites (tertiary alicyclic amines) is 1. The first-order valence-electron chi connectivity index (χ1n) is 6.77. The maximum Gasteiger partial charge on any atom is 0.126 e. The average Bonchev–Trinajstić information content (AvgIpc) is 2.79. The molecule has 3 N–H and O–H groups in total. The van der Waals surface area contributed by atoms with Gasteiger partial charge >= 0.3 is 0 Å². The van der Waals surface area contributed by atoms with Crippen molar-refractivity contribution < 1.29 is 0 Å². The van der Waals surface area contributed by atoms with Gasteiger partial charge in [0.1, 0.15) is 5.82 Å². The van der Waals surface area contributed by atoms with Gasteiger partial charge in [-0.15, -0.1) is 0 Å². The number of hydrogen-bond acceptors (Lipinski definition) is 4. The molecule has 18 heavy (non-hydrogen) atoms. The van der Waals surface area contributed by atoms with E-state index in [0.717, 1.165) is 29.7 Å². The molecule has 1 aromatic rings. The van der Waals surface area contributed by atoms with Crippen LogP contribution in [0.3, 0.4) is 0 Å². The van der Waals surface area contributed by atoms with Gasteiger partial charge in [0.25, 0.3) is 0 Å². The van der Waals surface area contributed by atoms with Crippen LogP contribution in [0.15, 0.2) is 12.1 Å². The number of aryl methyl sites for hydroxylation is 1. The van der Waals surface area contributed by atoms with Crippen LogP contribution < -0.4 is 11.1 Å². The van der Waals surface area contributed by atoms with E-state index in [4.69, 9.17) is 5.73 Å². The largest absolute Gasteiger partial charge is 0.397 e. The smallest absolute Gasteiger partial charge is 0.126 e. The zero-order valence-electron chi connectivity index (χ0n) is 11.6. The minimum Gasteiger partial charge on any atom is -0.397 e. The number of anilines is 2. The molecule has 0 amide bonds. The van der Waals surface area contributed by atoms with Crippen LogP contribution in [-0.4, -0.2) is 35.6 Å². The number of nitrogen functional groups attached to an aromatic ring is 1. The first-order valence-corrected chi connectivity index (χ1v) is 6.77. The topological polar surface area (TPSA) is 54.2 Å². The van der Waals surface area contributed by atoms with Gasteiger partial charge in [0.15, 0.2) is 0 Å². The molecule has 0 radical (unpaired) electrons. The van der Waals surface area contributed by atoms with Crippen LogP contribution in [0.25, 0.3) is 0 Å². The van der Waals surface area contributed by atoms with Crippen molar-refractivity contribution in [1.82, 2.24) is 9.88 Å². The van der Waals surface area contributed by atoms with Crippen molar-refractivity contribution in [2.75, 3.05) is 30.7 Å². The van der Waals surface area contributed by atoms with Crippen LogP contribution in [0, 0.1) is 12.8 Å². The van der Waals surface area contributed by atoms with Gasteiger partial charge in [-0.2, -0.15) is 0 Å². The fourth-order valence-electron chi connectivity index (χ4n) is 2.42. The van der Waals surface area contributed by atoms with Gasteiger partial charge in [-0.1, -0.05) is 0 Å². The molecule has 0 bridgehead atoms. The van der Waals surface area contributed by atoms with E-state index in [1.807, 2.05) is 19.1 Å². The van der Waals surface area contributed by atoms with E-state index in [1.165, 1.54) is 19.5 Å². The summed E-state index contributed by atoms with van der Waals surface area (Å²) in [7, 11) is 0. The summed E-state index contributed by atoms with van der Waals surface area (Å²) in [5.41, 5.74) is 7.42. The highest BCUT2D eigenvalue weighted by Gasteiger charge is 2.23. The second-order valence-electron chi connectivity index (χ2n) is 5.50. The second kappa shape index (κ2) is 5.57. The molecule has 0 aliphatic carbocycles. The molecule has 2 rings (SSSR count). The molecule has 4 heteroatoms. The van der Waals surface area contributed by atoms with E-state index >= 15 is 0 Å². The van der Waals surface area contributed by atoms with Crippen molar-refractivity contribution >= 4 is 11.5 Å². The molecule has 0 saturated carbocycles. The highest BCUT2D eigenvalue weighted by molar-refractivity contribution is 5.49. The second-order valence-corrected chi connectivity index (χ2v) is 5.50. The summed E-state index contributed by atoms with van der Waals surface area (Å²) in [5.74, 6) is 1.66. The molecule has 1 saturated heterocycles. The lowest BCUT2D eigenvalue weighted by atomic mass is 10.1. The monoisotopic (exact) mass is 248 g/mol. The fraction of sp³-hybridized carbons (Fsp3) is 0.643. The summed E-state index contributed by atoms with van der Waals surface area (Å²) in [6.45, 7) is 9.88. The molecular weight excluding hydrogens is 224 g/mol. The highest BCUT2D eigenvalue weighted by Crippen LogP contribution is 2.19. The zero-order chi connectivity index (χ0) is 13.1. The van der Waals surface area contributed by atoms with Crippen molar-refractivity contribution in [3.05, 3.63) is 17.8 Å². The van der Waals surface area contributed by atoms with Crippen LogP contribution in [0.4, 0.5) is 11.5 Å². The van der Waals surface area contributed by atoms with E-state index < -0.39 is 0 Å². The van der Waals surface area contributed by atoms with Crippen molar-refractivity contribution in [3.63, 3.8) is 0 Å². The molecule has 1 atom stereocenters. The van der Waals surface area contributed by atoms with E-state index in [2.05, 4.69) is 29.0 Å². The number of nitrogens with one attached hydrogen (secondary N) is 1. The maximum absolute atomic E-state index is 5.76. The molecule has 1 unspecified atom stereocenters. The molecule has 1 aromatic heterocycles. The van der Waals surface area contributed by atoms with Crippen LogP contribution in [0.5, 0.6) is 0 Å². The van der Waals surface area contributed by atoms with Gasteiger partial charge in [0.2, 0.25) is 0 Å². The van der Waals surface area contributed by atoms with E-state index in [-0.39, 0.29) is 0 Å². The highest BCUT2D eigenvalue weighted by atomic mass is 15.2. The van der Waals surface area contributed by atoms with Crippen molar-refractivity contribution in [2.24, 2.45) is 5.92 Å². The number of nitrogens with zero attached hydrogens (tertiary/aromatic N) is 2. The van der Waals surface area contributed by atoms with Crippen LogP contribution in [0.2, 0.25) is 0 Å². The fourth-order valence-corrected chi connectivity index (χ4v) is 2.42. The molecule has 0 spiro atoms. The summed E-state index contributed by atoms with van der Waals surface area (Å²) in [6.07, 6.45) is 1.28. The lowest BCUT2D eigenvalue weighted by Gasteiger charge is -2.20. The molecule has 4 nitrogen and oxygen atoms in total. The quantitative estimate of drug-likeness (QED) is 0.857. The predicted molar refractivity (Wildman–Crippen MR) is 76.7 cm³/mol. The Morgan fingerprint density at radius 3 is 2.89 bits per heavy atom. The Balaban J connectivity index is 1.83. The Morgan fingerprint density at radius 1 is 1.50 bits per heavy atom. The summed E-state index contributed by atoms with van der Waals surface area (Å²) >= 11 is 0. The number of nitrogens with two attached hydrogens (primary N) is 1. The number of aromatic nitrogens is 1. The van der Waals surface area contributed by atoms with Gasteiger partial charge in [0, 0.05) is 19.1 Å². The Morgan fingerprint density at radius 2 is 2.28 bits per heavy atom. The van der Waals surface area contributed by atoms with E-state index in [0.29, 0.717) is 6.04 Å². The Kier molecular flexibility index (Phi) is 4.07. The molecule has 2 heterocycles. The number of rotatable bonds is 4. The summed E-state index contributed by atoms with van der Waals surface area (Å²) < 4.78 is 0. The summed E-state index contributed by atoms with van der Waals surface area (Å²) in [4.78, 5) is 6.97. The third-order valence-electron chi connectivity index (χ3n) is 3.75. The lowest BCUT2D eigenvalue weighted by Crippen LogP contribution is -2.29. The average molecular weight is 248 g/mol. The first-order chi connectivity index (χ1) is 8.56. The number of pyridine rings is 1. The first kappa shape index (κ1) is 13.1. The Labute approximate surface area is 110 Å². The Hall–Kier alpha value is -1.29. The normalized spacial score (nSPS) is 20.6. The molecule has 1 fully saturated rings. The third-order valence-corrected chi connectivity index (χ3v) is 3.75. The maximum atomic E-state index is 5.76. The standard InChI is InChI=1S/C14H24N4/c1-10(2)18-7-6-12(9-18)8-16-14-5-4-13(15)11(3)17-14/h4-5,10,12H,6-9,15H2,1-3H3,(H,16,17). The summed E-state index contributed by atoms with van der Waals surface area (Å²) in [5, 5.41) is 3.42. The van der Waals surface area contributed by atoms with Crippen LogP contribution >= 0.6 is 0 Å². The zero-order valence-corrected chi connectivity index (χ0v) is 11.6. The van der Waals surface area contributed by atoms with Gasteiger partial charge < -0.3 is 16.0 Å². The molecular formula is C14H24N4. The van der Waals surface area contributed by atoms with Gasteiger partial charge in [-0.05, 0) is 51.8 Å².